The van der Waals surface area contributed by atoms with Gasteiger partial charge >= 0.3 is 5.97 Å². The Labute approximate surface area is 153 Å². The quantitative estimate of drug-likeness (QED) is 0.463. The molecule has 4 N–H and O–H groups in total. The summed E-state index contributed by atoms with van der Waals surface area (Å²) in [6.45, 7) is 0.142. The molecule has 0 aromatic heterocycles. The standard InChI is InChI=1S/C16H15N3O7S/c17-27(25,26)12-4-1-10(2-5-12)7-8-18-15(20)13-6-3-11(19(23)24)9-14(13)16(21)22/h1-6,9H,7-8H2,(H,18,20)(H,21,22)(H2,17,25,26). The van der Waals surface area contributed by atoms with Crippen LogP contribution in [0.2, 0.25) is 0 Å². The lowest BCUT2D eigenvalue weighted by atomic mass is 10.1. The number of nitro benzene ring substituents is 1. The Morgan fingerprint density at radius 2 is 1.74 bits per heavy atom. The minimum absolute atomic E-state index is 0.0349. The number of hydrogen-bond acceptors (Lipinski definition) is 6. The Morgan fingerprint density at radius 1 is 1.11 bits per heavy atom. The molecule has 0 heterocycles. The third-order valence-corrected chi connectivity index (χ3v) is 4.57. The summed E-state index contributed by atoms with van der Waals surface area (Å²) in [5.41, 5.74) is -0.374. The molecule has 142 valence electrons. The predicted octanol–water partition coefficient (Wildman–Crippen LogP) is 0.913. The van der Waals surface area contributed by atoms with Crippen LogP contribution in [-0.2, 0) is 16.4 Å². The zero-order valence-corrected chi connectivity index (χ0v) is 14.6. The van der Waals surface area contributed by atoms with E-state index in [1.54, 1.807) is 12.1 Å². The maximum atomic E-state index is 12.2. The molecule has 0 fully saturated rings. The summed E-state index contributed by atoms with van der Waals surface area (Å²) in [6.07, 6.45) is 0.353. The Bertz CT molecular complexity index is 1000. The first-order valence-corrected chi connectivity index (χ1v) is 9.06. The average molecular weight is 393 g/mol. The van der Waals surface area contributed by atoms with E-state index in [1.807, 2.05) is 0 Å². The molecule has 0 bridgehead atoms. The van der Waals surface area contributed by atoms with Gasteiger partial charge in [-0.15, -0.1) is 0 Å². The van der Waals surface area contributed by atoms with Gasteiger partial charge in [-0.25, -0.2) is 18.4 Å². The number of rotatable bonds is 7. The van der Waals surface area contributed by atoms with Gasteiger partial charge in [-0.3, -0.25) is 14.9 Å². The van der Waals surface area contributed by atoms with Gasteiger partial charge in [0.05, 0.1) is 20.9 Å². The van der Waals surface area contributed by atoms with Crippen molar-refractivity contribution in [3.63, 3.8) is 0 Å². The van der Waals surface area contributed by atoms with E-state index in [0.29, 0.717) is 6.42 Å². The molecule has 2 aromatic carbocycles. The molecular weight excluding hydrogens is 378 g/mol. The SMILES string of the molecule is NS(=O)(=O)c1ccc(CCNC(=O)c2ccc([N+](=O)[O-])cc2C(=O)O)cc1. The summed E-state index contributed by atoms with van der Waals surface area (Å²) < 4.78 is 22.4. The highest BCUT2D eigenvalue weighted by Gasteiger charge is 2.20. The Morgan fingerprint density at radius 3 is 2.26 bits per heavy atom. The molecule has 10 nitrogen and oxygen atoms in total. The zero-order valence-electron chi connectivity index (χ0n) is 13.8. The van der Waals surface area contributed by atoms with Gasteiger partial charge in [0.2, 0.25) is 10.0 Å². The van der Waals surface area contributed by atoms with Crippen LogP contribution < -0.4 is 10.5 Å². The second kappa shape index (κ2) is 7.93. The van der Waals surface area contributed by atoms with Gasteiger partial charge in [0.25, 0.3) is 11.6 Å². The first kappa shape index (κ1) is 20.0. The smallest absolute Gasteiger partial charge is 0.336 e. The Balaban J connectivity index is 2.05. The minimum atomic E-state index is -3.79. The molecule has 2 aromatic rings. The van der Waals surface area contributed by atoms with Crippen molar-refractivity contribution >= 4 is 27.6 Å². The first-order valence-electron chi connectivity index (χ1n) is 7.51. The highest BCUT2D eigenvalue weighted by atomic mass is 32.2. The Kier molecular flexibility index (Phi) is 5.88. The minimum Gasteiger partial charge on any atom is -0.478 e. The first-order chi connectivity index (χ1) is 12.6. The number of hydrogen-bond donors (Lipinski definition) is 3. The molecule has 11 heteroatoms. The number of carbonyl (C=O) groups is 2. The van der Waals surface area contributed by atoms with Crippen molar-refractivity contribution in [2.75, 3.05) is 6.54 Å². The molecule has 0 atom stereocenters. The fraction of sp³-hybridized carbons (Fsp3) is 0.125. The van der Waals surface area contributed by atoms with Gasteiger partial charge < -0.3 is 10.4 Å². The van der Waals surface area contributed by atoms with Crippen LogP contribution in [0.15, 0.2) is 47.4 Å². The second-order valence-corrected chi connectivity index (χ2v) is 7.05. The van der Waals surface area contributed by atoms with Crippen LogP contribution in [0.5, 0.6) is 0 Å². The third-order valence-electron chi connectivity index (χ3n) is 3.64. The fourth-order valence-electron chi connectivity index (χ4n) is 2.28. The summed E-state index contributed by atoms with van der Waals surface area (Å²) in [5.74, 6) is -2.15. The van der Waals surface area contributed by atoms with E-state index in [2.05, 4.69) is 5.32 Å². The molecule has 2 rings (SSSR count). The second-order valence-electron chi connectivity index (χ2n) is 5.49. The van der Waals surface area contributed by atoms with Crippen molar-refractivity contribution < 1.29 is 28.0 Å². The molecule has 1 amide bonds. The molecule has 27 heavy (non-hydrogen) atoms. The van der Waals surface area contributed by atoms with E-state index in [1.165, 1.54) is 12.1 Å². The number of nitro groups is 1. The van der Waals surface area contributed by atoms with Crippen molar-refractivity contribution in [2.45, 2.75) is 11.3 Å². The van der Waals surface area contributed by atoms with E-state index in [9.17, 15) is 28.1 Å². The Hall–Kier alpha value is -3.31. The average Bonchev–Trinajstić information content (AvgIpc) is 2.60. The van der Waals surface area contributed by atoms with Crippen LogP contribution in [0.25, 0.3) is 0 Å². The van der Waals surface area contributed by atoms with E-state index < -0.39 is 38.1 Å². The predicted molar refractivity (Wildman–Crippen MR) is 93.9 cm³/mol. The van der Waals surface area contributed by atoms with Gasteiger partial charge in [-0.05, 0) is 30.2 Å². The zero-order chi connectivity index (χ0) is 20.2. The van der Waals surface area contributed by atoms with Crippen molar-refractivity contribution in [3.05, 3.63) is 69.3 Å². The van der Waals surface area contributed by atoms with Gasteiger partial charge in [0, 0.05) is 18.7 Å². The van der Waals surface area contributed by atoms with Gasteiger partial charge in [0.1, 0.15) is 0 Å². The number of benzene rings is 2. The van der Waals surface area contributed by atoms with E-state index in [-0.39, 0.29) is 17.0 Å². The monoisotopic (exact) mass is 393 g/mol. The third kappa shape index (κ3) is 5.09. The number of carbonyl (C=O) groups excluding carboxylic acids is 1. The van der Waals surface area contributed by atoms with Crippen LogP contribution in [-0.4, -0.2) is 36.9 Å². The molecule has 0 aliphatic carbocycles. The van der Waals surface area contributed by atoms with E-state index in [4.69, 9.17) is 10.2 Å². The number of carboxylic acids is 1. The number of primary sulfonamides is 1. The number of aromatic carboxylic acids is 1. The van der Waals surface area contributed by atoms with Crippen molar-refractivity contribution in [1.82, 2.24) is 5.32 Å². The fourth-order valence-corrected chi connectivity index (χ4v) is 2.80. The summed E-state index contributed by atoms with van der Waals surface area (Å²) in [5, 5.41) is 27.4. The number of carboxylic acid groups (broad SMARTS) is 1. The molecule has 0 unspecified atom stereocenters. The summed E-state index contributed by atoms with van der Waals surface area (Å²) in [7, 11) is -3.79. The van der Waals surface area contributed by atoms with Gasteiger partial charge in [0.15, 0.2) is 0 Å². The van der Waals surface area contributed by atoms with Crippen molar-refractivity contribution in [3.8, 4) is 0 Å². The largest absolute Gasteiger partial charge is 0.478 e. The molecular formula is C16H15N3O7S. The molecule has 0 radical (unpaired) electrons. The molecule has 0 saturated carbocycles. The maximum absolute atomic E-state index is 12.2. The van der Waals surface area contributed by atoms with Crippen molar-refractivity contribution in [1.29, 1.82) is 0 Å². The highest BCUT2D eigenvalue weighted by Crippen LogP contribution is 2.18. The number of nitrogens with two attached hydrogens (primary N) is 1. The number of non-ortho nitro benzene ring substituents is 1. The topological polar surface area (TPSA) is 170 Å². The molecule has 0 spiro atoms. The summed E-state index contributed by atoms with van der Waals surface area (Å²) in [6, 6.07) is 8.71. The van der Waals surface area contributed by atoms with Crippen LogP contribution in [0, 0.1) is 10.1 Å². The number of sulfonamides is 1. The van der Waals surface area contributed by atoms with Crippen molar-refractivity contribution in [2.24, 2.45) is 5.14 Å². The lowest BCUT2D eigenvalue weighted by Crippen LogP contribution is -2.27. The molecule has 0 aliphatic rings. The van der Waals surface area contributed by atoms with Crippen LogP contribution >= 0.6 is 0 Å². The van der Waals surface area contributed by atoms with E-state index >= 15 is 0 Å². The molecule has 0 saturated heterocycles. The van der Waals surface area contributed by atoms with Crippen LogP contribution in [0.3, 0.4) is 0 Å². The number of amides is 1. The normalized spacial score (nSPS) is 11.0. The number of nitrogens with one attached hydrogen (secondary N) is 1. The molecule has 0 aliphatic heterocycles. The lowest BCUT2D eigenvalue weighted by Gasteiger charge is -2.08. The van der Waals surface area contributed by atoms with Crippen LogP contribution in [0.4, 0.5) is 5.69 Å². The summed E-state index contributed by atoms with van der Waals surface area (Å²) >= 11 is 0. The van der Waals surface area contributed by atoms with Gasteiger partial charge in [-0.1, -0.05) is 12.1 Å². The maximum Gasteiger partial charge on any atom is 0.336 e. The summed E-state index contributed by atoms with van der Waals surface area (Å²) in [4.78, 5) is 33.4. The lowest BCUT2D eigenvalue weighted by molar-refractivity contribution is -0.384. The van der Waals surface area contributed by atoms with Crippen LogP contribution in [0.1, 0.15) is 26.3 Å². The highest BCUT2D eigenvalue weighted by molar-refractivity contribution is 7.89. The van der Waals surface area contributed by atoms with Gasteiger partial charge in [-0.2, -0.15) is 0 Å². The number of nitrogens with zero attached hydrogens (tertiary/aromatic N) is 1. The van der Waals surface area contributed by atoms with E-state index in [0.717, 1.165) is 23.8 Å².